The highest BCUT2D eigenvalue weighted by atomic mass is 16.5. The molecule has 1 N–H and O–H groups in total. The molecule has 2 nitrogen and oxygen atoms in total. The molecule has 0 radical (unpaired) electrons. The van der Waals surface area contributed by atoms with Crippen LogP contribution in [0.15, 0.2) is 60.7 Å². The van der Waals surface area contributed by atoms with Crippen molar-refractivity contribution in [1.29, 1.82) is 0 Å². The van der Waals surface area contributed by atoms with Gasteiger partial charge in [0.05, 0.1) is 0 Å². The third-order valence-electron chi connectivity index (χ3n) is 5.00. The van der Waals surface area contributed by atoms with Crippen molar-refractivity contribution in [2.45, 2.75) is 46.6 Å². The van der Waals surface area contributed by atoms with Crippen molar-refractivity contribution >= 4 is 0 Å². The second kappa shape index (κ2) is 8.30. The summed E-state index contributed by atoms with van der Waals surface area (Å²) in [5.74, 6) is 1.68. The van der Waals surface area contributed by atoms with Crippen molar-refractivity contribution in [1.82, 2.24) is 0 Å². The topological polar surface area (TPSA) is 29.5 Å². The fraction of sp³-hybridized carbons (Fsp3) is 0.280. The lowest BCUT2D eigenvalue weighted by atomic mass is 9.93. The summed E-state index contributed by atoms with van der Waals surface area (Å²) in [5.41, 5.74) is 7.21. The van der Waals surface area contributed by atoms with Crippen molar-refractivity contribution in [2.75, 3.05) is 0 Å². The van der Waals surface area contributed by atoms with Crippen LogP contribution in [0.2, 0.25) is 0 Å². The summed E-state index contributed by atoms with van der Waals surface area (Å²) in [5, 5.41) is 9.77. The van der Waals surface area contributed by atoms with Crippen LogP contribution < -0.4 is 4.74 Å². The van der Waals surface area contributed by atoms with Crippen LogP contribution in [-0.2, 0) is 13.0 Å². The van der Waals surface area contributed by atoms with Crippen molar-refractivity contribution in [3.63, 3.8) is 0 Å². The maximum atomic E-state index is 9.77. The van der Waals surface area contributed by atoms with Gasteiger partial charge in [0.1, 0.15) is 18.1 Å². The summed E-state index contributed by atoms with van der Waals surface area (Å²) in [6, 6.07) is 20.4. The van der Waals surface area contributed by atoms with E-state index in [1.54, 1.807) is 0 Å². The quantitative estimate of drug-likeness (QED) is 0.559. The lowest BCUT2D eigenvalue weighted by Crippen LogP contribution is -2.02. The van der Waals surface area contributed by atoms with Gasteiger partial charge in [0.25, 0.3) is 0 Å². The summed E-state index contributed by atoms with van der Waals surface area (Å²) in [4.78, 5) is 0. The maximum Gasteiger partial charge on any atom is 0.123 e. The molecule has 0 fully saturated rings. The van der Waals surface area contributed by atoms with Crippen LogP contribution in [0.25, 0.3) is 0 Å². The van der Waals surface area contributed by atoms with Gasteiger partial charge in [-0.25, -0.2) is 0 Å². The zero-order valence-corrected chi connectivity index (χ0v) is 16.6. The van der Waals surface area contributed by atoms with Crippen LogP contribution in [0.4, 0.5) is 0 Å². The molecular weight excluding hydrogens is 332 g/mol. The molecule has 0 saturated carbocycles. The zero-order chi connectivity index (χ0) is 19.4. The Morgan fingerprint density at radius 1 is 0.852 bits per heavy atom. The Hall–Kier alpha value is -2.74. The number of phenols is 1. The number of hydrogen-bond donors (Lipinski definition) is 1. The summed E-state index contributed by atoms with van der Waals surface area (Å²) < 4.78 is 6.12. The molecule has 0 amide bonds. The molecule has 0 spiro atoms. The summed E-state index contributed by atoms with van der Waals surface area (Å²) >= 11 is 0. The molecular formula is C25H28O2. The number of phenolic OH excluding ortho intramolecular Hbond substituents is 1. The van der Waals surface area contributed by atoms with E-state index in [2.05, 4.69) is 58.0 Å². The fourth-order valence-electron chi connectivity index (χ4n) is 3.48. The molecule has 3 aromatic rings. The smallest absolute Gasteiger partial charge is 0.123 e. The number of benzene rings is 3. The van der Waals surface area contributed by atoms with Crippen LogP contribution >= 0.6 is 0 Å². The Balaban J connectivity index is 1.83. The average Bonchev–Trinajstić information content (AvgIpc) is 2.64. The molecule has 0 aliphatic carbocycles. The zero-order valence-electron chi connectivity index (χ0n) is 16.6. The molecule has 140 valence electrons. The standard InChI is InChI=1S/C25H28O2/c1-17(2)23-14-21(15-24-18(3)12-22(26)13-19(24)4)10-11-25(23)27-16-20-8-6-5-7-9-20/h5-14,17,26H,15-16H2,1-4H3. The molecule has 0 unspecified atom stereocenters. The number of rotatable bonds is 6. The second-order valence-corrected chi connectivity index (χ2v) is 7.54. The van der Waals surface area contributed by atoms with E-state index in [1.165, 1.54) is 22.3 Å². The highest BCUT2D eigenvalue weighted by Gasteiger charge is 2.12. The first-order valence-corrected chi connectivity index (χ1v) is 9.52. The normalized spacial score (nSPS) is 11.0. The minimum Gasteiger partial charge on any atom is -0.508 e. The molecule has 27 heavy (non-hydrogen) atoms. The first-order chi connectivity index (χ1) is 12.9. The number of hydrogen-bond acceptors (Lipinski definition) is 2. The van der Waals surface area contributed by atoms with E-state index in [1.807, 2.05) is 30.3 Å². The second-order valence-electron chi connectivity index (χ2n) is 7.54. The van der Waals surface area contributed by atoms with Gasteiger partial charge >= 0.3 is 0 Å². The van der Waals surface area contributed by atoms with Gasteiger partial charge in [-0.05, 0) is 77.8 Å². The summed E-state index contributed by atoms with van der Waals surface area (Å²) in [6.45, 7) is 9.10. The lowest BCUT2D eigenvalue weighted by Gasteiger charge is -2.17. The van der Waals surface area contributed by atoms with Crippen LogP contribution in [-0.4, -0.2) is 5.11 Å². The molecule has 0 aromatic heterocycles. The minimum atomic E-state index is 0.335. The first kappa shape index (κ1) is 19.0. The third-order valence-corrected chi connectivity index (χ3v) is 5.00. The Morgan fingerprint density at radius 3 is 2.15 bits per heavy atom. The van der Waals surface area contributed by atoms with E-state index in [0.717, 1.165) is 23.3 Å². The Kier molecular flexibility index (Phi) is 5.85. The monoisotopic (exact) mass is 360 g/mol. The molecule has 0 aliphatic heterocycles. The van der Waals surface area contributed by atoms with E-state index in [9.17, 15) is 5.11 Å². The van der Waals surface area contributed by atoms with Crippen LogP contribution in [0, 0.1) is 13.8 Å². The van der Waals surface area contributed by atoms with Crippen LogP contribution in [0.5, 0.6) is 11.5 Å². The van der Waals surface area contributed by atoms with Crippen molar-refractivity contribution in [3.8, 4) is 11.5 Å². The molecule has 0 saturated heterocycles. The van der Waals surface area contributed by atoms with E-state index in [-0.39, 0.29) is 0 Å². The van der Waals surface area contributed by atoms with Crippen molar-refractivity contribution in [2.24, 2.45) is 0 Å². The Morgan fingerprint density at radius 2 is 1.52 bits per heavy atom. The van der Waals surface area contributed by atoms with Crippen LogP contribution in [0.1, 0.15) is 53.1 Å². The first-order valence-electron chi connectivity index (χ1n) is 9.52. The van der Waals surface area contributed by atoms with E-state index >= 15 is 0 Å². The predicted octanol–water partition coefficient (Wildman–Crippen LogP) is 6.30. The largest absolute Gasteiger partial charge is 0.508 e. The number of aromatic hydroxyl groups is 1. The van der Waals surface area contributed by atoms with Crippen molar-refractivity contribution in [3.05, 3.63) is 94.0 Å². The number of aryl methyl sites for hydroxylation is 2. The molecule has 0 atom stereocenters. The van der Waals surface area contributed by atoms with Gasteiger partial charge in [-0.15, -0.1) is 0 Å². The fourth-order valence-corrected chi connectivity index (χ4v) is 3.48. The minimum absolute atomic E-state index is 0.335. The van der Waals surface area contributed by atoms with E-state index in [0.29, 0.717) is 18.3 Å². The summed E-state index contributed by atoms with van der Waals surface area (Å²) in [7, 11) is 0. The average molecular weight is 360 g/mol. The third kappa shape index (κ3) is 4.71. The van der Waals surface area contributed by atoms with Crippen LogP contribution in [0.3, 0.4) is 0 Å². The molecule has 2 heteroatoms. The molecule has 3 aromatic carbocycles. The van der Waals surface area contributed by atoms with Gasteiger partial charge in [-0.2, -0.15) is 0 Å². The maximum absolute atomic E-state index is 9.77. The number of ether oxygens (including phenoxy) is 1. The van der Waals surface area contributed by atoms with Gasteiger partial charge < -0.3 is 9.84 Å². The lowest BCUT2D eigenvalue weighted by molar-refractivity contribution is 0.301. The van der Waals surface area contributed by atoms with Crippen molar-refractivity contribution < 1.29 is 9.84 Å². The van der Waals surface area contributed by atoms with Gasteiger partial charge in [0.2, 0.25) is 0 Å². The van der Waals surface area contributed by atoms with Gasteiger partial charge in [-0.1, -0.05) is 56.3 Å². The highest BCUT2D eigenvalue weighted by molar-refractivity contribution is 5.46. The van der Waals surface area contributed by atoms with E-state index < -0.39 is 0 Å². The van der Waals surface area contributed by atoms with Gasteiger partial charge in [0, 0.05) is 0 Å². The Bertz CT molecular complexity index is 888. The SMILES string of the molecule is Cc1cc(O)cc(C)c1Cc1ccc(OCc2ccccc2)c(C(C)C)c1. The predicted molar refractivity (Wildman–Crippen MR) is 112 cm³/mol. The van der Waals surface area contributed by atoms with Gasteiger partial charge in [0.15, 0.2) is 0 Å². The Labute approximate surface area is 162 Å². The summed E-state index contributed by atoms with van der Waals surface area (Å²) in [6.07, 6.45) is 0.858. The molecule has 0 heterocycles. The molecule has 3 rings (SSSR count). The van der Waals surface area contributed by atoms with Gasteiger partial charge in [-0.3, -0.25) is 0 Å². The molecule has 0 aliphatic rings. The molecule has 0 bridgehead atoms. The van der Waals surface area contributed by atoms with E-state index in [4.69, 9.17) is 4.74 Å². The highest BCUT2D eigenvalue weighted by Crippen LogP contribution is 2.30.